The van der Waals surface area contributed by atoms with E-state index in [1.54, 1.807) is 36.4 Å². The van der Waals surface area contributed by atoms with E-state index >= 15 is 0 Å². The van der Waals surface area contributed by atoms with E-state index in [2.05, 4.69) is 0 Å². The molecule has 0 fully saturated rings. The number of hydrogen-bond donors (Lipinski definition) is 0. The summed E-state index contributed by atoms with van der Waals surface area (Å²) in [5, 5.41) is 0. The highest BCUT2D eigenvalue weighted by molar-refractivity contribution is 6.29. The summed E-state index contributed by atoms with van der Waals surface area (Å²) in [5.74, 6) is 0.752. The Morgan fingerprint density at radius 1 is 0.567 bits per heavy atom. The fourth-order valence-corrected chi connectivity index (χ4v) is 3.38. The normalized spacial score (nSPS) is 15.1. The van der Waals surface area contributed by atoms with Crippen LogP contribution in [0.2, 0.25) is 0 Å². The number of ether oxygens (including phenoxy) is 6. The van der Waals surface area contributed by atoms with Crippen molar-refractivity contribution in [3.05, 3.63) is 59.0 Å². The summed E-state index contributed by atoms with van der Waals surface area (Å²) in [6.07, 6.45) is 0. The van der Waals surface area contributed by atoms with Crippen molar-refractivity contribution in [1.29, 1.82) is 0 Å². The molecule has 2 heterocycles. The third-order valence-electron chi connectivity index (χ3n) is 4.80. The maximum Gasteiger partial charge on any atom is 0.348 e. The van der Waals surface area contributed by atoms with Crippen LogP contribution in [0.5, 0.6) is 23.0 Å². The molecule has 0 amide bonds. The van der Waals surface area contributed by atoms with Gasteiger partial charge >= 0.3 is 11.9 Å². The molecule has 4 rings (SSSR count). The van der Waals surface area contributed by atoms with E-state index in [4.69, 9.17) is 28.4 Å². The average molecular weight is 410 g/mol. The Balaban J connectivity index is 1.85. The van der Waals surface area contributed by atoms with E-state index in [1.807, 2.05) is 0 Å². The molecule has 8 heteroatoms. The van der Waals surface area contributed by atoms with Gasteiger partial charge in [-0.25, -0.2) is 9.59 Å². The van der Waals surface area contributed by atoms with Crippen molar-refractivity contribution in [2.24, 2.45) is 0 Å². The molecule has 0 aromatic heterocycles. The zero-order chi connectivity index (χ0) is 21.4. The number of methoxy groups -OCH3 is 4. The zero-order valence-corrected chi connectivity index (χ0v) is 16.7. The van der Waals surface area contributed by atoms with Gasteiger partial charge in [0.2, 0.25) is 0 Å². The van der Waals surface area contributed by atoms with Crippen LogP contribution >= 0.6 is 0 Å². The molecule has 30 heavy (non-hydrogen) atoms. The molecule has 2 aromatic carbocycles. The topological polar surface area (TPSA) is 89.5 Å². The summed E-state index contributed by atoms with van der Waals surface area (Å²) in [7, 11) is 6.00. The van der Waals surface area contributed by atoms with Crippen LogP contribution < -0.4 is 18.9 Å². The van der Waals surface area contributed by atoms with Crippen LogP contribution in [0.3, 0.4) is 0 Å². The Hall–Kier alpha value is -3.94. The van der Waals surface area contributed by atoms with Gasteiger partial charge in [-0.2, -0.15) is 0 Å². The third-order valence-corrected chi connectivity index (χ3v) is 4.80. The molecule has 0 aliphatic carbocycles. The molecule has 2 aliphatic rings. The highest BCUT2D eigenvalue weighted by Crippen LogP contribution is 2.45. The molecular formula is C22H18O8. The number of rotatable bonds is 6. The summed E-state index contributed by atoms with van der Waals surface area (Å²) in [6, 6.07) is 9.87. The van der Waals surface area contributed by atoms with Crippen LogP contribution in [0.4, 0.5) is 0 Å². The first-order valence-electron chi connectivity index (χ1n) is 8.90. The predicted octanol–water partition coefficient (Wildman–Crippen LogP) is 2.96. The standard InChI is InChI=1S/C22H18O8/c1-25-13-7-5-11(9-15(13)27-3)17-19-20(30-21(17)23)18(22(24)29-19)12-6-8-14(26-2)16(10-12)28-4/h5-10H,1-4H3. The number of benzene rings is 2. The van der Waals surface area contributed by atoms with Crippen LogP contribution in [0.25, 0.3) is 11.1 Å². The largest absolute Gasteiger partial charge is 0.493 e. The van der Waals surface area contributed by atoms with Gasteiger partial charge in [0.1, 0.15) is 11.1 Å². The number of carbonyl (C=O) groups excluding carboxylic acids is 2. The number of esters is 2. The number of fused-ring (bicyclic) bond motifs is 1. The average Bonchev–Trinajstić information content (AvgIpc) is 3.24. The minimum absolute atomic E-state index is 0.0713. The molecule has 0 saturated heterocycles. The first-order valence-corrected chi connectivity index (χ1v) is 8.90. The van der Waals surface area contributed by atoms with Gasteiger partial charge in [0, 0.05) is 0 Å². The fourth-order valence-electron chi connectivity index (χ4n) is 3.38. The third kappa shape index (κ3) is 2.93. The molecule has 0 atom stereocenters. The lowest BCUT2D eigenvalue weighted by Gasteiger charge is -2.10. The van der Waals surface area contributed by atoms with Gasteiger partial charge in [-0.3, -0.25) is 0 Å². The molecule has 0 unspecified atom stereocenters. The quantitative estimate of drug-likeness (QED) is 0.672. The summed E-state index contributed by atoms with van der Waals surface area (Å²) >= 11 is 0. The van der Waals surface area contributed by atoms with E-state index < -0.39 is 11.9 Å². The van der Waals surface area contributed by atoms with Gasteiger partial charge in [-0.05, 0) is 35.4 Å². The van der Waals surface area contributed by atoms with Crippen molar-refractivity contribution in [3.8, 4) is 23.0 Å². The minimum Gasteiger partial charge on any atom is -0.493 e. The monoisotopic (exact) mass is 410 g/mol. The second kappa shape index (κ2) is 7.47. The Morgan fingerprint density at radius 3 is 1.27 bits per heavy atom. The minimum atomic E-state index is -0.627. The second-order valence-electron chi connectivity index (χ2n) is 6.33. The Kier molecular flexibility index (Phi) is 4.83. The maximum atomic E-state index is 12.6. The zero-order valence-electron chi connectivity index (χ0n) is 16.7. The first-order chi connectivity index (χ1) is 14.5. The number of carbonyl (C=O) groups is 2. The molecule has 154 valence electrons. The lowest BCUT2D eigenvalue weighted by Crippen LogP contribution is -2.05. The van der Waals surface area contributed by atoms with Crippen molar-refractivity contribution >= 4 is 23.1 Å². The van der Waals surface area contributed by atoms with Gasteiger partial charge in [-0.1, -0.05) is 12.1 Å². The van der Waals surface area contributed by atoms with Gasteiger partial charge in [0.15, 0.2) is 34.5 Å². The highest BCUT2D eigenvalue weighted by atomic mass is 16.6. The molecule has 8 nitrogen and oxygen atoms in total. The second-order valence-corrected chi connectivity index (χ2v) is 6.33. The van der Waals surface area contributed by atoms with E-state index in [9.17, 15) is 9.59 Å². The van der Waals surface area contributed by atoms with Crippen molar-refractivity contribution in [2.45, 2.75) is 0 Å². The molecule has 0 bridgehead atoms. The predicted molar refractivity (Wildman–Crippen MR) is 105 cm³/mol. The van der Waals surface area contributed by atoms with Crippen LogP contribution in [-0.4, -0.2) is 40.4 Å². The number of hydrogen-bond acceptors (Lipinski definition) is 8. The molecular weight excluding hydrogens is 392 g/mol. The fraction of sp³-hybridized carbons (Fsp3) is 0.182. The summed E-state index contributed by atoms with van der Waals surface area (Å²) in [4.78, 5) is 25.3. The van der Waals surface area contributed by atoms with Gasteiger partial charge in [0.05, 0.1) is 28.4 Å². The molecule has 2 aromatic rings. The smallest absolute Gasteiger partial charge is 0.348 e. The first kappa shape index (κ1) is 19.4. The van der Waals surface area contributed by atoms with Gasteiger partial charge in [-0.15, -0.1) is 0 Å². The summed E-state index contributed by atoms with van der Waals surface area (Å²) in [6.45, 7) is 0. The van der Waals surface area contributed by atoms with Crippen LogP contribution in [0.15, 0.2) is 47.9 Å². The van der Waals surface area contributed by atoms with Crippen molar-refractivity contribution in [1.82, 2.24) is 0 Å². The summed E-state index contributed by atoms with van der Waals surface area (Å²) in [5.41, 5.74) is 1.22. The van der Waals surface area contributed by atoms with Crippen molar-refractivity contribution in [2.75, 3.05) is 28.4 Å². The molecule has 0 N–H and O–H groups in total. The Bertz CT molecular complexity index is 1040. The Morgan fingerprint density at radius 2 is 0.933 bits per heavy atom. The van der Waals surface area contributed by atoms with E-state index in [0.717, 1.165) is 0 Å². The molecule has 0 radical (unpaired) electrons. The summed E-state index contributed by atoms with van der Waals surface area (Å²) < 4.78 is 31.9. The lowest BCUT2D eigenvalue weighted by atomic mass is 10.0. The molecule has 0 saturated carbocycles. The van der Waals surface area contributed by atoms with Gasteiger partial charge in [0.25, 0.3) is 0 Å². The SMILES string of the molecule is COc1ccc(C2=C3OC(=O)C(c4ccc(OC)c(OC)c4)=C3OC2=O)cc1OC. The van der Waals surface area contributed by atoms with Crippen molar-refractivity contribution < 1.29 is 38.0 Å². The van der Waals surface area contributed by atoms with E-state index in [-0.39, 0.29) is 22.7 Å². The van der Waals surface area contributed by atoms with Crippen LogP contribution in [-0.2, 0) is 19.1 Å². The van der Waals surface area contributed by atoms with Crippen LogP contribution in [0, 0.1) is 0 Å². The van der Waals surface area contributed by atoms with Crippen LogP contribution in [0.1, 0.15) is 11.1 Å². The maximum absolute atomic E-state index is 12.6. The lowest BCUT2D eigenvalue weighted by molar-refractivity contribution is -0.131. The highest BCUT2D eigenvalue weighted by Gasteiger charge is 2.44. The molecule has 0 spiro atoms. The van der Waals surface area contributed by atoms with Gasteiger partial charge < -0.3 is 28.4 Å². The Labute approximate surface area is 172 Å². The molecule has 2 aliphatic heterocycles. The van der Waals surface area contributed by atoms with E-state index in [1.165, 1.54) is 28.4 Å². The van der Waals surface area contributed by atoms with E-state index in [0.29, 0.717) is 34.1 Å². The van der Waals surface area contributed by atoms with Crippen molar-refractivity contribution in [3.63, 3.8) is 0 Å².